The number of hydrogen-bond acceptors (Lipinski definition) is 8. The van der Waals surface area contributed by atoms with Crippen molar-refractivity contribution >= 4 is 28.6 Å². The fourth-order valence-corrected chi connectivity index (χ4v) is 10.0. The van der Waals surface area contributed by atoms with Crippen molar-refractivity contribution in [1.82, 2.24) is 0 Å². The molecule has 0 aromatic heterocycles. The van der Waals surface area contributed by atoms with Crippen LogP contribution in [0.3, 0.4) is 0 Å². The molecule has 2 aliphatic heterocycles. The number of allylic oxidation sites excluding steroid dienone is 1. The normalized spacial score (nSPS) is 52.0. The van der Waals surface area contributed by atoms with E-state index in [-0.39, 0.29) is 50.1 Å². The summed E-state index contributed by atoms with van der Waals surface area (Å²) in [6.45, 7) is 7.11. The lowest BCUT2D eigenvalue weighted by molar-refractivity contribution is -0.252. The number of thioether (sulfide) groups is 1. The second kappa shape index (κ2) is 7.86. The van der Waals surface area contributed by atoms with Gasteiger partial charge in [-0.05, 0) is 57.1 Å². The number of rotatable bonds is 2. The van der Waals surface area contributed by atoms with E-state index in [1.165, 1.54) is 6.08 Å². The highest BCUT2D eigenvalue weighted by Crippen LogP contribution is 2.73. The summed E-state index contributed by atoms with van der Waals surface area (Å²) < 4.78 is 50.9. The molecule has 4 aliphatic carbocycles. The standard InChI is InChI=1S/C27H34F2O7S/c1-23(2)35-20-11-14-15-10-17(28)16-9-13(30)5-7-24(16,3)26(15,29)19(31)12-25(14,4)27(20,36-23)22(33)37-18-6-8-34-21(18)32/h9,14-15,17-20,31H,5-8,10-12H2,1-4H3/t14-,15-,17-,18?,19-,20+,24-,25-,26-,27-/m0/s1. The monoisotopic (exact) mass is 540 g/mol. The Morgan fingerprint density at radius 2 is 1.89 bits per heavy atom. The minimum atomic E-state index is -2.17. The molecule has 2 saturated heterocycles. The van der Waals surface area contributed by atoms with Gasteiger partial charge in [0.1, 0.15) is 17.1 Å². The second-order valence-corrected chi connectivity index (χ2v) is 13.8. The Morgan fingerprint density at radius 3 is 2.57 bits per heavy atom. The number of carbonyl (C=O) groups is 3. The van der Waals surface area contributed by atoms with Crippen LogP contribution in [-0.2, 0) is 28.6 Å². The molecule has 0 aromatic carbocycles. The van der Waals surface area contributed by atoms with Crippen molar-refractivity contribution in [2.45, 2.75) is 107 Å². The first kappa shape index (κ1) is 25.9. The van der Waals surface area contributed by atoms with Gasteiger partial charge >= 0.3 is 5.97 Å². The van der Waals surface area contributed by atoms with Gasteiger partial charge in [0, 0.05) is 29.6 Å². The lowest BCUT2D eigenvalue weighted by Gasteiger charge is -2.64. The van der Waals surface area contributed by atoms with Gasteiger partial charge in [0.25, 0.3) is 0 Å². The summed E-state index contributed by atoms with van der Waals surface area (Å²) in [5.74, 6) is -3.21. The SMILES string of the molecule is CC1(C)O[C@@H]2C[C@H]3[C@@H]4C[C@H](F)C5=CC(=O)CC[C@]5(C)[C@@]4(F)[C@@H](O)C[C@]3(C)[C@]2(C(=O)SC2CCOC2=O)O1. The van der Waals surface area contributed by atoms with Gasteiger partial charge < -0.3 is 19.3 Å². The summed E-state index contributed by atoms with van der Waals surface area (Å²) in [7, 11) is 0. The third-order valence-electron chi connectivity index (χ3n) is 10.5. The molecule has 7 nitrogen and oxygen atoms in total. The maximum Gasteiger partial charge on any atom is 0.319 e. The number of halogens is 2. The maximum atomic E-state index is 17.5. The van der Waals surface area contributed by atoms with Crippen LogP contribution in [0.1, 0.15) is 66.2 Å². The molecular formula is C27H34F2O7S. The molecule has 204 valence electrons. The van der Waals surface area contributed by atoms with Crippen LogP contribution >= 0.6 is 11.8 Å². The Kier molecular flexibility index (Phi) is 5.50. The Balaban J connectivity index is 1.44. The van der Waals surface area contributed by atoms with Crippen LogP contribution in [0.5, 0.6) is 0 Å². The van der Waals surface area contributed by atoms with Crippen LogP contribution in [0.4, 0.5) is 8.78 Å². The predicted octanol–water partition coefficient (Wildman–Crippen LogP) is 3.60. The fourth-order valence-electron chi connectivity index (χ4n) is 8.81. The van der Waals surface area contributed by atoms with Gasteiger partial charge in [-0.2, -0.15) is 0 Å². The van der Waals surface area contributed by atoms with Gasteiger partial charge in [0.05, 0.1) is 18.8 Å². The third-order valence-corrected chi connectivity index (χ3v) is 11.7. The van der Waals surface area contributed by atoms with Crippen molar-refractivity contribution in [2.24, 2.45) is 22.7 Å². The van der Waals surface area contributed by atoms with Gasteiger partial charge in [0.15, 0.2) is 17.2 Å². The lowest BCUT2D eigenvalue weighted by atomic mass is 9.43. The van der Waals surface area contributed by atoms with Crippen molar-refractivity contribution < 1.29 is 42.5 Å². The van der Waals surface area contributed by atoms with Gasteiger partial charge in [-0.1, -0.05) is 25.6 Å². The molecule has 0 bridgehead atoms. The average molecular weight is 541 g/mol. The molecule has 2 heterocycles. The summed E-state index contributed by atoms with van der Waals surface area (Å²) in [5, 5.41) is 10.6. The molecule has 37 heavy (non-hydrogen) atoms. The number of esters is 1. The van der Waals surface area contributed by atoms with Crippen molar-refractivity contribution in [3.8, 4) is 0 Å². The zero-order valence-corrected chi connectivity index (χ0v) is 22.4. The van der Waals surface area contributed by atoms with E-state index in [4.69, 9.17) is 14.2 Å². The first-order chi connectivity index (χ1) is 17.2. The van der Waals surface area contributed by atoms with Crippen LogP contribution in [0.15, 0.2) is 11.6 Å². The van der Waals surface area contributed by atoms with Gasteiger partial charge in [-0.25, -0.2) is 8.78 Å². The zero-order chi connectivity index (χ0) is 26.8. The van der Waals surface area contributed by atoms with E-state index in [1.807, 2.05) is 6.92 Å². The van der Waals surface area contributed by atoms with Crippen LogP contribution < -0.4 is 0 Å². The van der Waals surface area contributed by atoms with Crippen molar-refractivity contribution in [3.05, 3.63) is 11.6 Å². The van der Waals surface area contributed by atoms with E-state index in [0.717, 1.165) is 11.8 Å². The molecule has 10 atom stereocenters. The minimum Gasteiger partial charge on any atom is -0.465 e. The van der Waals surface area contributed by atoms with E-state index < -0.39 is 74.4 Å². The summed E-state index contributed by atoms with van der Waals surface area (Å²) in [6, 6.07) is 0. The Morgan fingerprint density at radius 1 is 1.16 bits per heavy atom. The number of aliphatic hydroxyl groups is 1. The Labute approximate surface area is 219 Å². The zero-order valence-electron chi connectivity index (χ0n) is 21.6. The molecule has 5 fully saturated rings. The molecule has 0 spiro atoms. The Hall–Kier alpha value is -1.36. The number of fused-ring (bicyclic) bond motifs is 7. The summed E-state index contributed by atoms with van der Waals surface area (Å²) in [6.07, 6.45) is -1.91. The van der Waals surface area contributed by atoms with Gasteiger partial charge in [-0.3, -0.25) is 14.4 Å². The maximum absolute atomic E-state index is 17.5. The number of aliphatic hydroxyl groups excluding tert-OH is 1. The Bertz CT molecular complexity index is 1110. The molecule has 10 heteroatoms. The largest absolute Gasteiger partial charge is 0.465 e. The number of hydrogen-bond donors (Lipinski definition) is 1. The topological polar surface area (TPSA) is 99.1 Å². The molecule has 6 rings (SSSR count). The van der Waals surface area contributed by atoms with Crippen molar-refractivity contribution in [1.29, 1.82) is 0 Å². The van der Waals surface area contributed by atoms with Crippen LogP contribution in [0, 0.1) is 22.7 Å². The molecule has 3 saturated carbocycles. The van der Waals surface area contributed by atoms with Crippen molar-refractivity contribution in [2.75, 3.05) is 6.61 Å². The molecule has 1 unspecified atom stereocenters. The summed E-state index contributed by atoms with van der Waals surface area (Å²) in [5.41, 5.74) is -5.98. The smallest absolute Gasteiger partial charge is 0.319 e. The summed E-state index contributed by atoms with van der Waals surface area (Å²) >= 11 is 0.868. The number of carbonyl (C=O) groups excluding carboxylic acids is 3. The highest BCUT2D eigenvalue weighted by molar-refractivity contribution is 8.14. The highest BCUT2D eigenvalue weighted by atomic mass is 32.2. The van der Waals surface area contributed by atoms with Crippen LogP contribution in [-0.4, -0.2) is 69.3 Å². The van der Waals surface area contributed by atoms with Crippen LogP contribution in [0.2, 0.25) is 0 Å². The first-order valence-electron chi connectivity index (χ1n) is 13.2. The van der Waals surface area contributed by atoms with E-state index in [1.54, 1.807) is 20.8 Å². The van der Waals surface area contributed by atoms with E-state index >= 15 is 8.78 Å². The number of ketones is 1. The number of cyclic esters (lactones) is 1. The average Bonchev–Trinajstić information content (AvgIpc) is 3.41. The van der Waals surface area contributed by atoms with Gasteiger partial charge in [-0.15, -0.1) is 0 Å². The molecule has 0 amide bonds. The van der Waals surface area contributed by atoms with E-state index in [2.05, 4.69) is 0 Å². The quantitative estimate of drug-likeness (QED) is 0.531. The highest BCUT2D eigenvalue weighted by Gasteiger charge is 2.81. The lowest BCUT2D eigenvalue weighted by Crippen LogP contribution is -2.71. The molecule has 0 radical (unpaired) electrons. The number of ether oxygens (including phenoxy) is 3. The van der Waals surface area contributed by atoms with E-state index in [9.17, 15) is 19.5 Å². The van der Waals surface area contributed by atoms with Crippen molar-refractivity contribution in [3.63, 3.8) is 0 Å². The van der Waals surface area contributed by atoms with E-state index in [0.29, 0.717) is 6.42 Å². The van der Waals surface area contributed by atoms with Gasteiger partial charge in [0.2, 0.25) is 5.12 Å². The number of alkyl halides is 2. The van der Waals surface area contributed by atoms with Crippen LogP contribution in [0.25, 0.3) is 0 Å². The fraction of sp³-hybridized carbons (Fsp3) is 0.815. The minimum absolute atomic E-state index is 0.0875. The summed E-state index contributed by atoms with van der Waals surface area (Å²) in [4.78, 5) is 38.4. The molecular weight excluding hydrogens is 506 g/mol. The second-order valence-electron chi connectivity index (χ2n) is 12.6. The third kappa shape index (κ3) is 3.13. The first-order valence-corrected chi connectivity index (χ1v) is 14.1. The molecule has 1 N–H and O–H groups in total. The predicted molar refractivity (Wildman–Crippen MR) is 129 cm³/mol. The molecule has 0 aromatic rings. The molecule has 6 aliphatic rings.